The van der Waals surface area contributed by atoms with Crippen LogP contribution in [0.1, 0.15) is 28.8 Å². The van der Waals surface area contributed by atoms with Gasteiger partial charge in [0, 0.05) is 30.0 Å². The molecule has 1 aliphatic rings. The number of ether oxygens (including phenoxy) is 1. The molecule has 128 valence electrons. The van der Waals surface area contributed by atoms with Gasteiger partial charge in [0.1, 0.15) is 6.33 Å². The molecule has 2 aromatic rings. The molecule has 0 bridgehead atoms. The lowest BCUT2D eigenvalue weighted by atomic mass is 10.1. The Kier molecular flexibility index (Phi) is 5.06. The van der Waals surface area contributed by atoms with Gasteiger partial charge in [-0.1, -0.05) is 6.92 Å². The average Bonchev–Trinajstić information content (AvgIpc) is 2.93. The van der Waals surface area contributed by atoms with Crippen LogP contribution in [0.25, 0.3) is 0 Å². The number of nitrogens with zero attached hydrogens (tertiary/aromatic N) is 4. The lowest BCUT2D eigenvalue weighted by Crippen LogP contribution is -2.37. The van der Waals surface area contributed by atoms with Gasteiger partial charge < -0.3 is 10.1 Å². The number of thiazole rings is 1. The van der Waals surface area contributed by atoms with E-state index in [0.717, 1.165) is 41.2 Å². The number of hydrogen-bond donors (Lipinski definition) is 1. The minimum atomic E-state index is -0.0503. The van der Waals surface area contributed by atoms with Crippen LogP contribution in [0.3, 0.4) is 0 Å². The van der Waals surface area contributed by atoms with E-state index >= 15 is 0 Å². The Morgan fingerprint density at radius 3 is 3.00 bits per heavy atom. The molecule has 7 nitrogen and oxygen atoms in total. The first-order valence-corrected chi connectivity index (χ1v) is 8.77. The van der Waals surface area contributed by atoms with Crippen LogP contribution in [-0.4, -0.2) is 46.0 Å². The summed E-state index contributed by atoms with van der Waals surface area (Å²) in [5.74, 6) is 0.541. The summed E-state index contributed by atoms with van der Waals surface area (Å²) in [6.07, 6.45) is 3.19. The molecule has 0 aliphatic carbocycles. The Hall–Kier alpha value is -2.06. The topological polar surface area (TPSA) is 80.2 Å². The van der Waals surface area contributed by atoms with Crippen molar-refractivity contribution in [2.24, 2.45) is 0 Å². The molecular weight excluding hydrogens is 326 g/mol. The van der Waals surface area contributed by atoms with Crippen molar-refractivity contribution in [1.29, 1.82) is 0 Å². The molecule has 0 radical (unpaired) electrons. The summed E-state index contributed by atoms with van der Waals surface area (Å²) in [4.78, 5) is 28.4. The van der Waals surface area contributed by atoms with Crippen molar-refractivity contribution >= 4 is 22.4 Å². The summed E-state index contributed by atoms with van der Waals surface area (Å²) < 4.78 is 5.30. The van der Waals surface area contributed by atoms with Gasteiger partial charge in [0.25, 0.3) is 0 Å². The highest BCUT2D eigenvalue weighted by Gasteiger charge is 2.23. The van der Waals surface area contributed by atoms with Gasteiger partial charge in [-0.25, -0.2) is 15.0 Å². The Labute approximate surface area is 145 Å². The predicted molar refractivity (Wildman–Crippen MR) is 92.4 cm³/mol. The van der Waals surface area contributed by atoms with Crippen molar-refractivity contribution in [1.82, 2.24) is 19.9 Å². The Bertz CT molecular complexity index is 732. The number of anilines is 1. The third kappa shape index (κ3) is 3.54. The van der Waals surface area contributed by atoms with Crippen molar-refractivity contribution in [3.05, 3.63) is 28.2 Å². The number of nitrogens with one attached hydrogen (secondary N) is 1. The molecule has 8 heteroatoms. The Morgan fingerprint density at radius 2 is 2.29 bits per heavy atom. The van der Waals surface area contributed by atoms with E-state index in [1.54, 1.807) is 7.11 Å². The molecule has 3 heterocycles. The molecule has 0 fully saturated rings. The molecule has 3 rings (SSSR count). The van der Waals surface area contributed by atoms with Crippen LogP contribution in [0.5, 0.6) is 5.88 Å². The zero-order chi connectivity index (χ0) is 17.1. The molecule has 1 amide bonds. The fourth-order valence-electron chi connectivity index (χ4n) is 2.85. The van der Waals surface area contributed by atoms with E-state index in [0.29, 0.717) is 24.1 Å². The van der Waals surface area contributed by atoms with Gasteiger partial charge in [-0.3, -0.25) is 9.69 Å². The zero-order valence-corrected chi connectivity index (χ0v) is 14.9. The second kappa shape index (κ2) is 7.23. The van der Waals surface area contributed by atoms with E-state index in [-0.39, 0.29) is 5.91 Å². The molecule has 0 atom stereocenters. The second-order valence-electron chi connectivity index (χ2n) is 5.69. The Morgan fingerprint density at radius 1 is 1.46 bits per heavy atom. The molecule has 0 aromatic carbocycles. The first kappa shape index (κ1) is 16.8. The summed E-state index contributed by atoms with van der Waals surface area (Å²) in [5, 5.41) is 3.58. The number of carbonyl (C=O) groups is 1. The number of fused-ring (bicyclic) bond motifs is 1. The summed E-state index contributed by atoms with van der Waals surface area (Å²) >= 11 is 1.52. The molecule has 0 saturated carbocycles. The first-order chi connectivity index (χ1) is 11.6. The monoisotopic (exact) mass is 347 g/mol. The number of rotatable bonds is 5. The fourth-order valence-corrected chi connectivity index (χ4v) is 3.77. The van der Waals surface area contributed by atoms with Gasteiger partial charge in [0.2, 0.25) is 11.8 Å². The van der Waals surface area contributed by atoms with Crippen LogP contribution in [0.4, 0.5) is 5.13 Å². The van der Waals surface area contributed by atoms with Crippen LogP contribution in [0.2, 0.25) is 0 Å². The molecule has 1 N–H and O–H groups in total. The minimum Gasteiger partial charge on any atom is -0.481 e. The number of hydrogen-bond acceptors (Lipinski definition) is 7. The Balaban J connectivity index is 1.63. The summed E-state index contributed by atoms with van der Waals surface area (Å²) in [5.41, 5.74) is 3.02. The van der Waals surface area contributed by atoms with Crippen LogP contribution in [0, 0.1) is 6.92 Å². The van der Waals surface area contributed by atoms with Crippen LogP contribution >= 0.6 is 11.3 Å². The molecule has 0 unspecified atom stereocenters. The van der Waals surface area contributed by atoms with Gasteiger partial charge in [-0.2, -0.15) is 0 Å². The molecule has 24 heavy (non-hydrogen) atoms. The minimum absolute atomic E-state index is 0.0503. The van der Waals surface area contributed by atoms with Crippen molar-refractivity contribution in [2.75, 3.05) is 25.5 Å². The zero-order valence-electron chi connectivity index (χ0n) is 14.1. The van der Waals surface area contributed by atoms with Crippen LogP contribution in [0.15, 0.2) is 6.33 Å². The maximum absolute atomic E-state index is 12.3. The van der Waals surface area contributed by atoms with Crippen molar-refractivity contribution in [3.8, 4) is 5.88 Å². The molecule has 1 aliphatic heterocycles. The van der Waals surface area contributed by atoms with Crippen molar-refractivity contribution in [2.45, 2.75) is 33.2 Å². The third-order valence-electron chi connectivity index (χ3n) is 4.08. The highest BCUT2D eigenvalue weighted by molar-refractivity contribution is 7.15. The van der Waals surface area contributed by atoms with E-state index in [1.807, 2.05) is 6.92 Å². The van der Waals surface area contributed by atoms with E-state index in [9.17, 15) is 4.79 Å². The number of amides is 1. The fraction of sp³-hybridized carbons (Fsp3) is 0.500. The van der Waals surface area contributed by atoms with E-state index in [1.165, 1.54) is 17.7 Å². The molecule has 0 saturated heterocycles. The standard InChI is InChI=1S/C16H21N5O2S/c1-4-12-10(2)24-16(19-12)20-14(22)8-21-6-5-13-11(7-21)15(23-3)18-9-17-13/h9H,4-8H2,1-3H3,(H,19,20,22). The number of aromatic nitrogens is 3. The van der Waals surface area contributed by atoms with Crippen LogP contribution in [-0.2, 0) is 24.2 Å². The lowest BCUT2D eigenvalue weighted by Gasteiger charge is -2.27. The predicted octanol–water partition coefficient (Wildman–Crippen LogP) is 1.81. The van der Waals surface area contributed by atoms with Gasteiger partial charge in [-0.05, 0) is 13.3 Å². The summed E-state index contributed by atoms with van der Waals surface area (Å²) in [6, 6.07) is 0. The first-order valence-electron chi connectivity index (χ1n) is 7.96. The largest absolute Gasteiger partial charge is 0.481 e. The van der Waals surface area contributed by atoms with Gasteiger partial charge in [0.15, 0.2) is 5.13 Å². The molecule has 0 spiro atoms. The maximum Gasteiger partial charge on any atom is 0.240 e. The van der Waals surface area contributed by atoms with E-state index in [4.69, 9.17) is 4.74 Å². The van der Waals surface area contributed by atoms with E-state index < -0.39 is 0 Å². The van der Waals surface area contributed by atoms with Gasteiger partial charge in [0.05, 0.1) is 25.0 Å². The van der Waals surface area contributed by atoms with Gasteiger partial charge >= 0.3 is 0 Å². The molecule has 2 aromatic heterocycles. The average molecular weight is 347 g/mol. The summed E-state index contributed by atoms with van der Waals surface area (Å²) in [7, 11) is 1.60. The highest BCUT2D eigenvalue weighted by Crippen LogP contribution is 2.25. The van der Waals surface area contributed by atoms with E-state index in [2.05, 4.69) is 32.1 Å². The lowest BCUT2D eigenvalue weighted by molar-refractivity contribution is -0.117. The normalized spacial score (nSPS) is 14.3. The summed E-state index contributed by atoms with van der Waals surface area (Å²) in [6.45, 7) is 5.81. The smallest absolute Gasteiger partial charge is 0.240 e. The SMILES string of the molecule is CCc1nc(NC(=O)CN2CCc3ncnc(OC)c3C2)sc1C. The quantitative estimate of drug-likeness (QED) is 0.888. The maximum atomic E-state index is 12.3. The van der Waals surface area contributed by atoms with Gasteiger partial charge in [-0.15, -0.1) is 11.3 Å². The third-order valence-corrected chi connectivity index (χ3v) is 5.00. The number of aryl methyl sites for hydroxylation is 2. The molecular formula is C16H21N5O2S. The van der Waals surface area contributed by atoms with Crippen LogP contribution < -0.4 is 10.1 Å². The number of carbonyl (C=O) groups excluding carboxylic acids is 1. The van der Waals surface area contributed by atoms with Crippen molar-refractivity contribution < 1.29 is 9.53 Å². The second-order valence-corrected chi connectivity index (χ2v) is 6.90. The van der Waals surface area contributed by atoms with Crippen molar-refractivity contribution in [3.63, 3.8) is 0 Å². The highest BCUT2D eigenvalue weighted by atomic mass is 32.1. The number of methoxy groups -OCH3 is 1.